The molecule has 0 radical (unpaired) electrons. The van der Waals surface area contributed by atoms with E-state index in [4.69, 9.17) is 9.47 Å². The first-order valence-electron chi connectivity index (χ1n) is 7.35. The minimum absolute atomic E-state index is 0.292. The van der Waals surface area contributed by atoms with Crippen LogP contribution < -0.4 is 9.47 Å². The second kappa shape index (κ2) is 8.54. The molecule has 0 heterocycles. The van der Waals surface area contributed by atoms with Gasteiger partial charge in [-0.2, -0.15) is 0 Å². The van der Waals surface area contributed by atoms with Crippen molar-refractivity contribution in [2.24, 2.45) is 5.92 Å². The first-order valence-corrected chi connectivity index (χ1v) is 7.35. The third-order valence-electron chi connectivity index (χ3n) is 3.15. The Bertz CT molecular complexity index is 596. The average Bonchev–Trinajstić information content (AvgIpc) is 2.57. The number of carbonyl (C=O) groups excluding carboxylic acids is 2. The van der Waals surface area contributed by atoms with E-state index in [2.05, 4.69) is 6.58 Å². The van der Waals surface area contributed by atoms with Crippen molar-refractivity contribution in [2.45, 2.75) is 12.8 Å². The van der Waals surface area contributed by atoms with E-state index in [1.807, 2.05) is 12.1 Å². The van der Waals surface area contributed by atoms with Gasteiger partial charge >= 0.3 is 11.9 Å². The second-order valence-corrected chi connectivity index (χ2v) is 4.89. The summed E-state index contributed by atoms with van der Waals surface area (Å²) in [6, 6.07) is 17.3. The maximum Gasteiger partial charge on any atom is 0.325 e. The molecule has 4 nitrogen and oxygen atoms in total. The molecule has 0 amide bonds. The molecule has 0 atom stereocenters. The average molecular weight is 310 g/mol. The molecule has 4 heteroatoms. The van der Waals surface area contributed by atoms with Crippen LogP contribution in [-0.4, -0.2) is 11.9 Å². The third kappa shape index (κ3) is 5.11. The van der Waals surface area contributed by atoms with Crippen LogP contribution >= 0.6 is 0 Å². The van der Waals surface area contributed by atoms with E-state index in [1.54, 1.807) is 54.6 Å². The Hall–Kier alpha value is -2.88. The minimum Gasteiger partial charge on any atom is -0.426 e. The van der Waals surface area contributed by atoms with Gasteiger partial charge in [-0.25, -0.2) is 0 Å². The predicted octanol–water partition coefficient (Wildman–Crippen LogP) is 3.78. The molecule has 0 N–H and O–H groups in total. The molecule has 23 heavy (non-hydrogen) atoms. The molecule has 0 aliphatic rings. The summed E-state index contributed by atoms with van der Waals surface area (Å²) in [5.41, 5.74) is 0. The van der Waals surface area contributed by atoms with Gasteiger partial charge < -0.3 is 9.47 Å². The monoisotopic (exact) mass is 310 g/mol. The van der Waals surface area contributed by atoms with Crippen molar-refractivity contribution >= 4 is 11.9 Å². The van der Waals surface area contributed by atoms with Crippen molar-refractivity contribution < 1.29 is 19.1 Å². The fourth-order valence-corrected chi connectivity index (χ4v) is 1.97. The molecule has 2 aromatic rings. The summed E-state index contributed by atoms with van der Waals surface area (Å²) in [7, 11) is 0. The number of ether oxygens (including phenoxy) is 2. The van der Waals surface area contributed by atoms with Gasteiger partial charge in [0.25, 0.3) is 0 Å². The first-order chi connectivity index (χ1) is 11.2. The molecule has 0 bridgehead atoms. The molecule has 0 aromatic heterocycles. The zero-order chi connectivity index (χ0) is 16.5. The number of allylic oxidation sites excluding steroid dienone is 1. The lowest BCUT2D eigenvalue weighted by molar-refractivity contribution is -0.151. The molecule has 0 aliphatic heterocycles. The number of esters is 2. The Morgan fingerprint density at radius 2 is 1.30 bits per heavy atom. The van der Waals surface area contributed by atoms with Crippen molar-refractivity contribution in [3.63, 3.8) is 0 Å². The summed E-state index contributed by atoms with van der Waals surface area (Å²) in [5.74, 6) is -1.45. The third-order valence-corrected chi connectivity index (χ3v) is 3.15. The Morgan fingerprint density at radius 1 is 0.870 bits per heavy atom. The molecule has 0 unspecified atom stereocenters. The highest BCUT2D eigenvalue weighted by Crippen LogP contribution is 2.18. The molecule has 0 saturated carbocycles. The van der Waals surface area contributed by atoms with Gasteiger partial charge in [0.2, 0.25) is 0 Å². The van der Waals surface area contributed by atoms with Crippen LogP contribution in [-0.2, 0) is 9.59 Å². The van der Waals surface area contributed by atoms with Crippen molar-refractivity contribution in [3.05, 3.63) is 73.3 Å². The van der Waals surface area contributed by atoms with Crippen LogP contribution in [0.15, 0.2) is 73.3 Å². The van der Waals surface area contributed by atoms with E-state index in [-0.39, 0.29) is 0 Å². The largest absolute Gasteiger partial charge is 0.426 e. The minimum atomic E-state index is -0.992. The van der Waals surface area contributed by atoms with Gasteiger partial charge in [0.05, 0.1) is 0 Å². The molecule has 2 rings (SSSR count). The molecule has 0 saturated heterocycles. The molecule has 2 aromatic carbocycles. The van der Waals surface area contributed by atoms with Gasteiger partial charge in [-0.1, -0.05) is 42.5 Å². The predicted molar refractivity (Wildman–Crippen MR) is 87.1 cm³/mol. The number of hydrogen-bond acceptors (Lipinski definition) is 4. The van der Waals surface area contributed by atoms with Crippen LogP contribution in [0.5, 0.6) is 11.5 Å². The van der Waals surface area contributed by atoms with E-state index < -0.39 is 17.9 Å². The lowest BCUT2D eigenvalue weighted by Crippen LogP contribution is -2.31. The maximum atomic E-state index is 12.3. The van der Waals surface area contributed by atoms with Gasteiger partial charge in [-0.3, -0.25) is 9.59 Å². The summed E-state index contributed by atoms with van der Waals surface area (Å²) in [6.07, 6.45) is 2.46. The summed E-state index contributed by atoms with van der Waals surface area (Å²) >= 11 is 0. The van der Waals surface area contributed by atoms with Crippen LogP contribution in [0.25, 0.3) is 0 Å². The van der Waals surface area contributed by atoms with E-state index in [9.17, 15) is 9.59 Å². The van der Waals surface area contributed by atoms with Gasteiger partial charge in [-0.05, 0) is 37.1 Å². The first kappa shape index (κ1) is 16.5. The van der Waals surface area contributed by atoms with E-state index in [0.717, 1.165) is 0 Å². The van der Waals surface area contributed by atoms with Gasteiger partial charge in [0, 0.05) is 0 Å². The van der Waals surface area contributed by atoms with Gasteiger partial charge in [0.1, 0.15) is 11.5 Å². The number of hydrogen-bond donors (Lipinski definition) is 0. The zero-order valence-corrected chi connectivity index (χ0v) is 12.7. The van der Waals surface area contributed by atoms with Crippen LogP contribution in [0.4, 0.5) is 0 Å². The Kier molecular flexibility index (Phi) is 6.12. The van der Waals surface area contributed by atoms with E-state index >= 15 is 0 Å². The second-order valence-electron chi connectivity index (χ2n) is 4.89. The highest BCUT2D eigenvalue weighted by Gasteiger charge is 2.30. The number of benzene rings is 2. The van der Waals surface area contributed by atoms with Gasteiger partial charge in [-0.15, -0.1) is 6.58 Å². The van der Waals surface area contributed by atoms with Crippen LogP contribution in [0.1, 0.15) is 12.8 Å². The Labute approximate surface area is 135 Å². The molecule has 0 fully saturated rings. The Morgan fingerprint density at radius 3 is 1.70 bits per heavy atom. The summed E-state index contributed by atoms with van der Waals surface area (Å²) in [5, 5.41) is 0. The molecule has 118 valence electrons. The number of carbonyl (C=O) groups is 2. The molecular weight excluding hydrogens is 292 g/mol. The molecular formula is C19H18O4. The fourth-order valence-electron chi connectivity index (χ4n) is 1.97. The fraction of sp³-hybridized carbons (Fsp3) is 0.158. The van der Waals surface area contributed by atoms with Crippen LogP contribution in [0.3, 0.4) is 0 Å². The SMILES string of the molecule is C=CCCC(C(=O)Oc1ccccc1)C(=O)Oc1ccccc1. The van der Waals surface area contributed by atoms with Crippen molar-refractivity contribution in [1.82, 2.24) is 0 Å². The molecule has 0 aliphatic carbocycles. The Balaban J connectivity index is 2.07. The maximum absolute atomic E-state index is 12.3. The lowest BCUT2D eigenvalue weighted by Gasteiger charge is -2.14. The quantitative estimate of drug-likeness (QED) is 0.338. The zero-order valence-electron chi connectivity index (χ0n) is 12.7. The van der Waals surface area contributed by atoms with Crippen LogP contribution in [0.2, 0.25) is 0 Å². The van der Waals surface area contributed by atoms with E-state index in [0.29, 0.717) is 24.3 Å². The summed E-state index contributed by atoms with van der Waals surface area (Å²) in [6.45, 7) is 3.62. The van der Waals surface area contributed by atoms with Crippen molar-refractivity contribution in [2.75, 3.05) is 0 Å². The number of para-hydroxylation sites is 2. The smallest absolute Gasteiger partial charge is 0.325 e. The van der Waals surface area contributed by atoms with Crippen molar-refractivity contribution in [1.29, 1.82) is 0 Å². The van der Waals surface area contributed by atoms with Gasteiger partial charge in [0.15, 0.2) is 5.92 Å². The summed E-state index contributed by atoms with van der Waals surface area (Å²) in [4.78, 5) is 24.6. The standard InChI is InChI=1S/C19H18O4/c1-2-3-14-17(18(20)22-15-10-6-4-7-11-15)19(21)23-16-12-8-5-9-13-16/h2,4-13,17H,1,3,14H2. The highest BCUT2D eigenvalue weighted by atomic mass is 16.6. The molecule has 0 spiro atoms. The summed E-state index contributed by atoms with van der Waals surface area (Å²) < 4.78 is 10.5. The van der Waals surface area contributed by atoms with E-state index in [1.165, 1.54) is 0 Å². The normalized spacial score (nSPS) is 10.1. The highest BCUT2D eigenvalue weighted by molar-refractivity contribution is 5.96. The topological polar surface area (TPSA) is 52.6 Å². The number of rotatable bonds is 7. The van der Waals surface area contributed by atoms with Crippen molar-refractivity contribution in [3.8, 4) is 11.5 Å². The van der Waals surface area contributed by atoms with Crippen LogP contribution in [0, 0.1) is 5.92 Å². The lowest BCUT2D eigenvalue weighted by atomic mass is 10.0.